The lowest BCUT2D eigenvalue weighted by atomic mass is 10.1. The summed E-state index contributed by atoms with van der Waals surface area (Å²) in [6, 6.07) is 0. The molecule has 74 valence electrons. The van der Waals surface area contributed by atoms with Crippen LogP contribution in [0.15, 0.2) is 0 Å². The molecule has 0 saturated carbocycles. The molecule has 1 rings (SSSR count). The lowest BCUT2D eigenvalue weighted by Gasteiger charge is -2.27. The van der Waals surface area contributed by atoms with Crippen molar-refractivity contribution in [3.63, 3.8) is 0 Å². The molecule has 1 fully saturated rings. The van der Waals surface area contributed by atoms with E-state index in [1.165, 1.54) is 4.90 Å². The zero-order chi connectivity index (χ0) is 9.84. The highest BCUT2D eigenvalue weighted by Gasteiger charge is 2.20. The Bertz CT molecular complexity index is 214. The number of rotatable bonds is 2. The average molecular weight is 184 g/mol. The van der Waals surface area contributed by atoms with Crippen molar-refractivity contribution >= 4 is 11.8 Å². The molecule has 0 bridgehead atoms. The van der Waals surface area contributed by atoms with Gasteiger partial charge in [0.05, 0.1) is 6.54 Å². The van der Waals surface area contributed by atoms with Crippen LogP contribution in [-0.4, -0.2) is 48.8 Å². The van der Waals surface area contributed by atoms with Gasteiger partial charge in [0.25, 0.3) is 0 Å². The normalized spacial score (nSPS) is 17.4. The van der Waals surface area contributed by atoms with E-state index in [1.807, 2.05) is 0 Å². The second-order valence-electron chi connectivity index (χ2n) is 3.56. The molecular weight excluding hydrogens is 168 g/mol. The molecule has 0 N–H and O–H groups in total. The van der Waals surface area contributed by atoms with Crippen LogP contribution in [0.1, 0.15) is 19.3 Å². The van der Waals surface area contributed by atoms with Crippen LogP contribution < -0.4 is 0 Å². The van der Waals surface area contributed by atoms with Crippen LogP contribution in [0.2, 0.25) is 0 Å². The Kier molecular flexibility index (Phi) is 3.28. The Balaban J connectivity index is 2.43. The predicted molar refractivity (Wildman–Crippen MR) is 49.1 cm³/mol. The van der Waals surface area contributed by atoms with E-state index in [9.17, 15) is 9.59 Å². The van der Waals surface area contributed by atoms with Crippen molar-refractivity contribution in [1.82, 2.24) is 9.80 Å². The molecule has 0 atom stereocenters. The molecule has 2 amide bonds. The Labute approximate surface area is 78.5 Å². The van der Waals surface area contributed by atoms with E-state index in [-0.39, 0.29) is 18.4 Å². The minimum Gasteiger partial charge on any atom is -0.347 e. The molecular formula is C9H16N2O2. The fourth-order valence-electron chi connectivity index (χ4n) is 1.33. The number of piperidine rings is 1. The molecule has 0 aromatic heterocycles. The highest BCUT2D eigenvalue weighted by Crippen LogP contribution is 2.09. The number of hydrogen-bond acceptors (Lipinski definition) is 2. The average Bonchev–Trinajstić information content (AvgIpc) is 2.08. The second kappa shape index (κ2) is 4.25. The third kappa shape index (κ3) is 2.72. The van der Waals surface area contributed by atoms with Gasteiger partial charge in [-0.1, -0.05) is 0 Å². The molecule has 4 heteroatoms. The van der Waals surface area contributed by atoms with Crippen LogP contribution in [0.25, 0.3) is 0 Å². The topological polar surface area (TPSA) is 40.6 Å². The molecule has 1 aliphatic rings. The quantitative estimate of drug-likeness (QED) is 0.610. The number of carbonyl (C=O) groups is 2. The van der Waals surface area contributed by atoms with Gasteiger partial charge in [0.1, 0.15) is 0 Å². The van der Waals surface area contributed by atoms with Crippen molar-refractivity contribution in [2.75, 3.05) is 27.2 Å². The maximum Gasteiger partial charge on any atom is 0.241 e. The third-order valence-corrected chi connectivity index (χ3v) is 2.25. The largest absolute Gasteiger partial charge is 0.347 e. The number of carbonyl (C=O) groups excluding carboxylic acids is 2. The van der Waals surface area contributed by atoms with Crippen molar-refractivity contribution in [2.45, 2.75) is 19.3 Å². The van der Waals surface area contributed by atoms with Gasteiger partial charge in [0, 0.05) is 27.1 Å². The summed E-state index contributed by atoms with van der Waals surface area (Å²) in [7, 11) is 3.41. The molecule has 1 heterocycles. The molecule has 0 aromatic carbocycles. The SMILES string of the molecule is CN(C)C(=O)CN1CCCCC1=O. The summed E-state index contributed by atoms with van der Waals surface area (Å²) in [5.74, 6) is 0.108. The van der Waals surface area contributed by atoms with E-state index in [1.54, 1.807) is 19.0 Å². The molecule has 0 unspecified atom stereocenters. The number of hydrogen-bond donors (Lipinski definition) is 0. The Morgan fingerprint density at radius 2 is 2.15 bits per heavy atom. The van der Waals surface area contributed by atoms with Gasteiger partial charge in [0.15, 0.2) is 0 Å². The maximum atomic E-state index is 11.3. The minimum atomic E-state index is -0.00440. The van der Waals surface area contributed by atoms with Crippen LogP contribution in [-0.2, 0) is 9.59 Å². The van der Waals surface area contributed by atoms with Gasteiger partial charge in [-0.3, -0.25) is 9.59 Å². The van der Waals surface area contributed by atoms with Crippen molar-refractivity contribution in [3.05, 3.63) is 0 Å². The van der Waals surface area contributed by atoms with Gasteiger partial charge in [-0.05, 0) is 12.8 Å². The molecule has 0 aliphatic carbocycles. The first-order chi connectivity index (χ1) is 6.11. The van der Waals surface area contributed by atoms with Gasteiger partial charge >= 0.3 is 0 Å². The fraction of sp³-hybridized carbons (Fsp3) is 0.778. The molecule has 0 radical (unpaired) electrons. The number of nitrogens with zero attached hydrogens (tertiary/aromatic N) is 2. The number of likely N-dealkylation sites (tertiary alicyclic amines) is 1. The standard InChI is InChI=1S/C9H16N2O2/c1-10(2)9(13)7-11-6-4-3-5-8(11)12/h3-7H2,1-2H3. The van der Waals surface area contributed by atoms with Gasteiger partial charge in [0.2, 0.25) is 11.8 Å². The van der Waals surface area contributed by atoms with Crippen LogP contribution in [0.4, 0.5) is 0 Å². The van der Waals surface area contributed by atoms with E-state index in [0.29, 0.717) is 6.42 Å². The van der Waals surface area contributed by atoms with Crippen molar-refractivity contribution < 1.29 is 9.59 Å². The summed E-state index contributed by atoms with van der Waals surface area (Å²) >= 11 is 0. The summed E-state index contributed by atoms with van der Waals surface area (Å²) < 4.78 is 0. The van der Waals surface area contributed by atoms with Gasteiger partial charge in [-0.25, -0.2) is 0 Å². The van der Waals surface area contributed by atoms with Crippen LogP contribution in [0.3, 0.4) is 0 Å². The summed E-state index contributed by atoms with van der Waals surface area (Å²) in [5.41, 5.74) is 0. The second-order valence-corrected chi connectivity index (χ2v) is 3.56. The molecule has 1 saturated heterocycles. The monoisotopic (exact) mass is 184 g/mol. The Morgan fingerprint density at radius 3 is 2.69 bits per heavy atom. The van der Waals surface area contributed by atoms with Crippen molar-refractivity contribution in [2.24, 2.45) is 0 Å². The van der Waals surface area contributed by atoms with Gasteiger partial charge in [-0.2, -0.15) is 0 Å². The third-order valence-electron chi connectivity index (χ3n) is 2.25. The van der Waals surface area contributed by atoms with Crippen LogP contribution in [0, 0.1) is 0 Å². The first-order valence-corrected chi connectivity index (χ1v) is 4.59. The van der Waals surface area contributed by atoms with E-state index in [4.69, 9.17) is 0 Å². The smallest absolute Gasteiger partial charge is 0.241 e. The molecule has 0 spiro atoms. The number of likely N-dealkylation sites (N-methyl/N-ethyl adjacent to an activating group) is 1. The molecule has 0 aromatic rings. The van der Waals surface area contributed by atoms with E-state index >= 15 is 0 Å². The van der Waals surface area contributed by atoms with Gasteiger partial charge in [-0.15, -0.1) is 0 Å². The summed E-state index contributed by atoms with van der Waals surface area (Å²) in [4.78, 5) is 25.8. The fourth-order valence-corrected chi connectivity index (χ4v) is 1.33. The highest BCUT2D eigenvalue weighted by atomic mass is 16.2. The Hall–Kier alpha value is -1.06. The van der Waals surface area contributed by atoms with Crippen molar-refractivity contribution in [1.29, 1.82) is 0 Å². The molecule has 13 heavy (non-hydrogen) atoms. The molecule has 1 aliphatic heterocycles. The van der Waals surface area contributed by atoms with Crippen LogP contribution >= 0.6 is 0 Å². The van der Waals surface area contributed by atoms with E-state index in [2.05, 4.69) is 0 Å². The zero-order valence-corrected chi connectivity index (χ0v) is 8.25. The van der Waals surface area contributed by atoms with E-state index < -0.39 is 0 Å². The van der Waals surface area contributed by atoms with Gasteiger partial charge < -0.3 is 9.80 Å². The lowest BCUT2D eigenvalue weighted by molar-refractivity contribution is -0.140. The Morgan fingerprint density at radius 1 is 1.46 bits per heavy atom. The minimum absolute atomic E-state index is 0.00440. The maximum absolute atomic E-state index is 11.3. The number of amides is 2. The van der Waals surface area contributed by atoms with Crippen molar-refractivity contribution in [3.8, 4) is 0 Å². The van der Waals surface area contributed by atoms with Crippen LogP contribution in [0.5, 0.6) is 0 Å². The van der Waals surface area contributed by atoms with E-state index in [0.717, 1.165) is 19.4 Å². The zero-order valence-electron chi connectivity index (χ0n) is 8.25. The summed E-state index contributed by atoms with van der Waals surface area (Å²) in [5, 5.41) is 0. The first kappa shape index (κ1) is 10.0. The summed E-state index contributed by atoms with van der Waals surface area (Å²) in [6.45, 7) is 0.976. The highest BCUT2D eigenvalue weighted by molar-refractivity contribution is 5.84. The first-order valence-electron chi connectivity index (χ1n) is 4.59. The lowest BCUT2D eigenvalue weighted by Crippen LogP contribution is -2.42. The summed E-state index contributed by atoms with van der Waals surface area (Å²) in [6.07, 6.45) is 2.58. The predicted octanol–water partition coefficient (Wildman–Crippen LogP) is 0.0871. The molecule has 4 nitrogen and oxygen atoms in total.